The van der Waals surface area contributed by atoms with E-state index in [2.05, 4.69) is 15.5 Å². The van der Waals surface area contributed by atoms with Crippen LogP contribution in [0.1, 0.15) is 32.4 Å². The fraction of sp³-hybridized carbons (Fsp3) is 0.560. The Hall–Kier alpha value is -3.47. The maximum absolute atomic E-state index is 13.3. The molecule has 11 nitrogen and oxygen atoms in total. The van der Waals surface area contributed by atoms with E-state index < -0.39 is 12.0 Å². The Morgan fingerprint density at radius 2 is 1.92 bits per heavy atom. The highest BCUT2D eigenvalue weighted by atomic mass is 16.5. The number of ether oxygens (including phenoxy) is 3. The highest BCUT2D eigenvalue weighted by molar-refractivity contribution is 5.95. The zero-order valence-electron chi connectivity index (χ0n) is 21.9. The van der Waals surface area contributed by atoms with E-state index in [1.165, 1.54) is 12.0 Å². The van der Waals surface area contributed by atoms with E-state index in [4.69, 9.17) is 14.2 Å². The molecule has 1 aromatic carbocycles. The lowest BCUT2D eigenvalue weighted by Gasteiger charge is -2.42. The summed E-state index contributed by atoms with van der Waals surface area (Å²) in [7, 11) is 4.72. The molecule has 11 heteroatoms. The molecule has 2 unspecified atom stereocenters. The average Bonchev–Trinajstić information content (AvgIpc) is 2.86. The summed E-state index contributed by atoms with van der Waals surface area (Å²) in [6.45, 7) is 8.46. The molecule has 1 saturated heterocycles. The maximum Gasteiger partial charge on any atom is 0.338 e. The van der Waals surface area contributed by atoms with Crippen LogP contribution in [0, 0.1) is 0 Å². The molecule has 0 saturated carbocycles. The smallest absolute Gasteiger partial charge is 0.338 e. The second-order valence-corrected chi connectivity index (χ2v) is 8.74. The number of amides is 4. The minimum atomic E-state index is -0.790. The molecule has 0 spiro atoms. The molecule has 1 aromatic rings. The van der Waals surface area contributed by atoms with Gasteiger partial charge in [0.25, 0.3) is 0 Å². The van der Waals surface area contributed by atoms with Crippen LogP contribution in [0.2, 0.25) is 0 Å². The minimum Gasteiger partial charge on any atom is -0.497 e. The third-order valence-corrected chi connectivity index (χ3v) is 6.49. The van der Waals surface area contributed by atoms with Crippen molar-refractivity contribution in [3.05, 3.63) is 35.0 Å². The van der Waals surface area contributed by atoms with Gasteiger partial charge in [-0.3, -0.25) is 9.80 Å². The van der Waals surface area contributed by atoms with Crippen LogP contribution in [0.4, 0.5) is 9.59 Å². The van der Waals surface area contributed by atoms with Crippen molar-refractivity contribution in [3.63, 3.8) is 0 Å². The topological polar surface area (TPSA) is 113 Å². The van der Waals surface area contributed by atoms with Gasteiger partial charge >= 0.3 is 18.0 Å². The third-order valence-electron chi connectivity index (χ3n) is 6.49. The molecule has 4 amide bonds. The molecule has 1 fully saturated rings. The van der Waals surface area contributed by atoms with E-state index in [1.807, 2.05) is 18.7 Å². The number of carbonyl (C=O) groups is 3. The normalized spacial score (nSPS) is 20.7. The first kappa shape index (κ1) is 27.1. The van der Waals surface area contributed by atoms with E-state index in [0.717, 1.165) is 0 Å². The van der Waals surface area contributed by atoms with E-state index >= 15 is 0 Å². The van der Waals surface area contributed by atoms with Crippen LogP contribution >= 0.6 is 0 Å². The number of likely N-dealkylation sites (N-methyl/N-ethyl adjacent to an activating group) is 1. The monoisotopic (exact) mass is 503 g/mol. The van der Waals surface area contributed by atoms with Crippen LogP contribution in [-0.4, -0.2) is 99.4 Å². The summed E-state index contributed by atoms with van der Waals surface area (Å²) in [5.74, 6) is 0.568. The quantitative estimate of drug-likeness (QED) is 0.522. The predicted molar refractivity (Wildman–Crippen MR) is 134 cm³/mol. The summed E-state index contributed by atoms with van der Waals surface area (Å²) in [5.41, 5.74) is 1.48. The predicted octanol–water partition coefficient (Wildman–Crippen LogP) is 1.95. The summed E-state index contributed by atoms with van der Waals surface area (Å²) in [5, 5.41) is 5.77. The van der Waals surface area contributed by atoms with Gasteiger partial charge in [0.05, 0.1) is 32.4 Å². The van der Waals surface area contributed by atoms with E-state index in [-0.39, 0.29) is 24.7 Å². The molecule has 2 aliphatic rings. The molecular formula is C25H37N5O6. The van der Waals surface area contributed by atoms with E-state index in [1.54, 1.807) is 39.3 Å². The van der Waals surface area contributed by atoms with Gasteiger partial charge in [0.15, 0.2) is 0 Å². The molecule has 2 heterocycles. The average molecular weight is 504 g/mol. The standard InChI is InChI=1S/C25H37N5O6/c1-7-26-24(32)30-12-11-29(14-16(30)3)15-19-21(23(31)36-8-2)22(27-25(33)28(19)4)18-13-17(34-5)9-10-20(18)35-6/h9-10,13,16,22H,7-8,11-12,14-15H2,1-6H3,(H,26,32)(H,27,33). The number of hydrogen-bond donors (Lipinski definition) is 2. The van der Waals surface area contributed by atoms with Crippen molar-refractivity contribution in [1.29, 1.82) is 0 Å². The molecule has 0 bridgehead atoms. The number of rotatable bonds is 8. The Bertz CT molecular complexity index is 1010. The van der Waals surface area contributed by atoms with Gasteiger partial charge in [0.1, 0.15) is 11.5 Å². The van der Waals surface area contributed by atoms with E-state index in [0.29, 0.717) is 61.1 Å². The molecule has 0 aromatic heterocycles. The molecule has 198 valence electrons. The number of hydrogen-bond acceptors (Lipinski definition) is 7. The number of nitrogens with one attached hydrogen (secondary N) is 2. The van der Waals surface area contributed by atoms with Crippen LogP contribution < -0.4 is 20.1 Å². The first-order valence-electron chi connectivity index (χ1n) is 12.2. The van der Waals surface area contributed by atoms with Crippen molar-refractivity contribution in [2.24, 2.45) is 0 Å². The van der Waals surface area contributed by atoms with Crippen molar-refractivity contribution < 1.29 is 28.6 Å². The van der Waals surface area contributed by atoms with Gasteiger partial charge in [-0.1, -0.05) is 0 Å². The summed E-state index contributed by atoms with van der Waals surface area (Å²) in [6.07, 6.45) is 0. The lowest BCUT2D eigenvalue weighted by atomic mass is 9.93. The highest BCUT2D eigenvalue weighted by Crippen LogP contribution is 2.38. The number of urea groups is 2. The Kier molecular flexibility index (Phi) is 9.03. The molecule has 0 radical (unpaired) electrons. The first-order valence-corrected chi connectivity index (χ1v) is 12.2. The molecular weight excluding hydrogens is 466 g/mol. The van der Waals surface area contributed by atoms with Crippen molar-refractivity contribution in [2.75, 3.05) is 60.6 Å². The number of methoxy groups -OCH3 is 2. The van der Waals surface area contributed by atoms with Crippen molar-refractivity contribution in [3.8, 4) is 11.5 Å². The van der Waals surface area contributed by atoms with Gasteiger partial charge in [0.2, 0.25) is 0 Å². The van der Waals surface area contributed by atoms with Gasteiger partial charge in [-0.05, 0) is 39.0 Å². The lowest BCUT2D eigenvalue weighted by molar-refractivity contribution is -0.139. The summed E-state index contributed by atoms with van der Waals surface area (Å²) in [4.78, 5) is 44.1. The largest absolute Gasteiger partial charge is 0.497 e. The van der Waals surface area contributed by atoms with Gasteiger partial charge in [-0.15, -0.1) is 0 Å². The number of piperazine rings is 1. The van der Waals surface area contributed by atoms with Crippen LogP contribution in [0.15, 0.2) is 29.5 Å². The number of carbonyl (C=O) groups excluding carboxylic acids is 3. The fourth-order valence-corrected chi connectivity index (χ4v) is 4.64. The van der Waals surface area contributed by atoms with Crippen LogP contribution in [0.25, 0.3) is 0 Å². The number of nitrogens with zero attached hydrogens (tertiary/aromatic N) is 3. The van der Waals surface area contributed by atoms with Crippen LogP contribution in [0.5, 0.6) is 11.5 Å². The highest BCUT2D eigenvalue weighted by Gasteiger charge is 2.39. The maximum atomic E-state index is 13.3. The van der Waals surface area contributed by atoms with Gasteiger partial charge in [-0.25, -0.2) is 14.4 Å². The molecule has 0 aliphatic carbocycles. The summed E-state index contributed by atoms with van der Waals surface area (Å²) < 4.78 is 16.4. The van der Waals surface area contributed by atoms with Crippen molar-refractivity contribution in [1.82, 2.24) is 25.3 Å². The van der Waals surface area contributed by atoms with Crippen LogP contribution in [-0.2, 0) is 9.53 Å². The van der Waals surface area contributed by atoms with Gasteiger partial charge < -0.3 is 29.7 Å². The Morgan fingerprint density at radius 1 is 1.17 bits per heavy atom. The van der Waals surface area contributed by atoms with E-state index in [9.17, 15) is 14.4 Å². The molecule has 36 heavy (non-hydrogen) atoms. The second kappa shape index (κ2) is 12.0. The summed E-state index contributed by atoms with van der Waals surface area (Å²) >= 11 is 0. The first-order chi connectivity index (χ1) is 17.2. The van der Waals surface area contributed by atoms with Crippen molar-refractivity contribution >= 4 is 18.0 Å². The third kappa shape index (κ3) is 5.67. The molecule has 2 aliphatic heterocycles. The minimum absolute atomic E-state index is 0.0334. The second-order valence-electron chi connectivity index (χ2n) is 8.74. The Labute approximate surface area is 212 Å². The Morgan fingerprint density at radius 3 is 2.53 bits per heavy atom. The zero-order valence-corrected chi connectivity index (χ0v) is 21.9. The number of esters is 1. The van der Waals surface area contributed by atoms with Crippen molar-refractivity contribution in [2.45, 2.75) is 32.9 Å². The zero-order chi connectivity index (χ0) is 26.4. The molecule has 2 N–H and O–H groups in total. The SMILES string of the molecule is CCNC(=O)N1CCN(CC2=C(C(=O)OCC)C(c3cc(OC)ccc3OC)NC(=O)N2C)CC1C. The molecule has 3 rings (SSSR count). The van der Waals surface area contributed by atoms with Gasteiger partial charge in [0, 0.05) is 57.1 Å². The van der Waals surface area contributed by atoms with Crippen LogP contribution in [0.3, 0.4) is 0 Å². The lowest BCUT2D eigenvalue weighted by Crippen LogP contribution is -2.57. The summed E-state index contributed by atoms with van der Waals surface area (Å²) in [6, 6.07) is 3.99. The molecule has 2 atom stereocenters. The number of benzene rings is 1. The Balaban J connectivity index is 2.01. The fourth-order valence-electron chi connectivity index (χ4n) is 4.64. The van der Waals surface area contributed by atoms with Gasteiger partial charge in [-0.2, -0.15) is 0 Å².